The Morgan fingerprint density at radius 3 is 2.48 bits per heavy atom. The van der Waals surface area contributed by atoms with Crippen LogP contribution in [0, 0.1) is 17.3 Å². The summed E-state index contributed by atoms with van der Waals surface area (Å²) >= 11 is 0. The van der Waals surface area contributed by atoms with Gasteiger partial charge in [0.25, 0.3) is 0 Å². The highest BCUT2D eigenvalue weighted by Crippen LogP contribution is 2.45. The highest BCUT2D eigenvalue weighted by molar-refractivity contribution is 5.80. The SMILES string of the molecule is C=CCN(C(=O)C1CCC(N)C(C)C1(C)C)C1CCCC1. The molecule has 2 N–H and O–H groups in total. The van der Waals surface area contributed by atoms with Gasteiger partial charge >= 0.3 is 0 Å². The van der Waals surface area contributed by atoms with Crippen LogP contribution in [-0.2, 0) is 4.79 Å². The largest absolute Gasteiger partial charge is 0.336 e. The summed E-state index contributed by atoms with van der Waals surface area (Å²) in [5.74, 6) is 0.827. The van der Waals surface area contributed by atoms with Crippen LogP contribution in [0.15, 0.2) is 12.7 Å². The van der Waals surface area contributed by atoms with Crippen LogP contribution < -0.4 is 5.73 Å². The molecule has 0 aliphatic heterocycles. The highest BCUT2D eigenvalue weighted by Gasteiger charge is 2.46. The summed E-state index contributed by atoms with van der Waals surface area (Å²) < 4.78 is 0. The number of nitrogens with zero attached hydrogens (tertiary/aromatic N) is 1. The number of hydrogen-bond acceptors (Lipinski definition) is 2. The van der Waals surface area contributed by atoms with E-state index in [1.54, 1.807) is 0 Å². The van der Waals surface area contributed by atoms with Gasteiger partial charge in [-0.1, -0.05) is 39.7 Å². The lowest BCUT2D eigenvalue weighted by Crippen LogP contribution is -2.53. The molecular formula is C18H32N2O. The molecule has 0 bridgehead atoms. The van der Waals surface area contributed by atoms with E-state index in [-0.39, 0.29) is 17.4 Å². The molecule has 2 rings (SSSR count). The summed E-state index contributed by atoms with van der Waals surface area (Å²) in [6, 6.07) is 0.653. The molecule has 3 nitrogen and oxygen atoms in total. The Labute approximate surface area is 130 Å². The first-order valence-electron chi connectivity index (χ1n) is 8.56. The minimum atomic E-state index is -0.0211. The number of amides is 1. The van der Waals surface area contributed by atoms with Gasteiger partial charge in [0.1, 0.15) is 0 Å². The fourth-order valence-corrected chi connectivity index (χ4v) is 4.27. The summed E-state index contributed by atoms with van der Waals surface area (Å²) in [6.45, 7) is 11.2. The van der Waals surface area contributed by atoms with Crippen molar-refractivity contribution in [3.05, 3.63) is 12.7 Å². The Hall–Kier alpha value is -0.830. The lowest BCUT2D eigenvalue weighted by atomic mass is 9.60. The van der Waals surface area contributed by atoms with Crippen molar-refractivity contribution in [3.8, 4) is 0 Å². The second-order valence-corrected chi connectivity index (χ2v) is 7.62. The average Bonchev–Trinajstić information content (AvgIpc) is 2.95. The molecular weight excluding hydrogens is 260 g/mol. The van der Waals surface area contributed by atoms with Gasteiger partial charge < -0.3 is 10.6 Å². The third-order valence-corrected chi connectivity index (χ3v) is 6.18. The van der Waals surface area contributed by atoms with E-state index in [1.807, 2.05) is 6.08 Å². The Balaban J connectivity index is 2.17. The third-order valence-electron chi connectivity index (χ3n) is 6.18. The second kappa shape index (κ2) is 6.51. The Kier molecular flexibility index (Phi) is 5.13. The first-order valence-corrected chi connectivity index (χ1v) is 8.56. The zero-order chi connectivity index (χ0) is 15.6. The van der Waals surface area contributed by atoms with Crippen molar-refractivity contribution in [2.75, 3.05) is 6.54 Å². The number of carbonyl (C=O) groups is 1. The maximum absolute atomic E-state index is 13.2. The van der Waals surface area contributed by atoms with Crippen molar-refractivity contribution in [1.29, 1.82) is 0 Å². The average molecular weight is 292 g/mol. The van der Waals surface area contributed by atoms with Crippen molar-refractivity contribution < 1.29 is 4.79 Å². The van der Waals surface area contributed by atoms with E-state index in [2.05, 4.69) is 32.3 Å². The van der Waals surface area contributed by atoms with Crippen LogP contribution in [0.2, 0.25) is 0 Å². The van der Waals surface area contributed by atoms with E-state index in [0.29, 0.717) is 24.4 Å². The first kappa shape index (κ1) is 16.5. The monoisotopic (exact) mass is 292 g/mol. The van der Waals surface area contributed by atoms with Crippen LogP contribution in [0.3, 0.4) is 0 Å². The maximum Gasteiger partial charge on any atom is 0.226 e. The lowest BCUT2D eigenvalue weighted by molar-refractivity contribution is -0.145. The maximum atomic E-state index is 13.2. The molecule has 0 saturated heterocycles. The Morgan fingerprint density at radius 1 is 1.29 bits per heavy atom. The van der Waals surface area contributed by atoms with E-state index in [9.17, 15) is 4.79 Å². The molecule has 0 aromatic heterocycles. The molecule has 0 aromatic carbocycles. The molecule has 21 heavy (non-hydrogen) atoms. The fourth-order valence-electron chi connectivity index (χ4n) is 4.27. The summed E-state index contributed by atoms with van der Waals surface area (Å²) in [5.41, 5.74) is 6.21. The smallest absolute Gasteiger partial charge is 0.226 e. The van der Waals surface area contributed by atoms with Gasteiger partial charge in [0.2, 0.25) is 5.91 Å². The normalized spacial score (nSPS) is 32.9. The van der Waals surface area contributed by atoms with Gasteiger partial charge in [-0.3, -0.25) is 4.79 Å². The number of nitrogens with two attached hydrogens (primary N) is 1. The van der Waals surface area contributed by atoms with Gasteiger partial charge in [-0.25, -0.2) is 0 Å². The van der Waals surface area contributed by atoms with Crippen LogP contribution in [-0.4, -0.2) is 29.4 Å². The standard InChI is InChI=1S/C18H32N2O/c1-5-12-20(14-8-6-7-9-14)17(21)15-10-11-16(19)13(2)18(15,3)4/h5,13-16H,1,6-12,19H2,2-4H3. The minimum Gasteiger partial charge on any atom is -0.336 e. The molecule has 0 radical (unpaired) electrons. The van der Waals surface area contributed by atoms with E-state index in [4.69, 9.17) is 5.73 Å². The van der Waals surface area contributed by atoms with Gasteiger partial charge in [-0.2, -0.15) is 0 Å². The summed E-state index contributed by atoms with van der Waals surface area (Å²) in [5, 5.41) is 0. The quantitative estimate of drug-likeness (QED) is 0.808. The molecule has 0 heterocycles. The van der Waals surface area contributed by atoms with E-state index >= 15 is 0 Å². The summed E-state index contributed by atoms with van der Waals surface area (Å²) in [7, 11) is 0. The van der Waals surface area contributed by atoms with Crippen molar-refractivity contribution in [3.63, 3.8) is 0 Å². The number of rotatable bonds is 4. The molecule has 2 aliphatic rings. The van der Waals surface area contributed by atoms with Gasteiger partial charge in [-0.05, 0) is 37.0 Å². The molecule has 3 atom stereocenters. The zero-order valence-corrected chi connectivity index (χ0v) is 14.0. The fraction of sp³-hybridized carbons (Fsp3) is 0.833. The van der Waals surface area contributed by atoms with Crippen molar-refractivity contribution >= 4 is 5.91 Å². The van der Waals surface area contributed by atoms with Crippen LogP contribution in [0.4, 0.5) is 0 Å². The molecule has 3 unspecified atom stereocenters. The van der Waals surface area contributed by atoms with E-state index in [1.165, 1.54) is 12.8 Å². The first-order chi connectivity index (χ1) is 9.89. The molecule has 3 heteroatoms. The predicted octanol–water partition coefficient (Wildman–Crippen LogP) is 3.34. The number of carbonyl (C=O) groups excluding carboxylic acids is 1. The molecule has 0 aromatic rings. The van der Waals surface area contributed by atoms with Crippen molar-refractivity contribution in [2.45, 2.75) is 71.4 Å². The van der Waals surface area contributed by atoms with E-state index in [0.717, 1.165) is 25.7 Å². The number of hydrogen-bond donors (Lipinski definition) is 1. The van der Waals surface area contributed by atoms with Crippen LogP contribution in [0.25, 0.3) is 0 Å². The Morgan fingerprint density at radius 2 is 1.90 bits per heavy atom. The van der Waals surface area contributed by atoms with Gasteiger partial charge in [0, 0.05) is 24.5 Å². The predicted molar refractivity (Wildman–Crippen MR) is 87.8 cm³/mol. The second-order valence-electron chi connectivity index (χ2n) is 7.62. The molecule has 2 fully saturated rings. The Bertz CT molecular complexity index is 385. The lowest BCUT2D eigenvalue weighted by Gasteiger charge is -2.48. The molecule has 0 spiro atoms. The molecule has 1 amide bonds. The van der Waals surface area contributed by atoms with Crippen LogP contribution in [0.1, 0.15) is 59.3 Å². The topological polar surface area (TPSA) is 46.3 Å². The molecule has 120 valence electrons. The van der Waals surface area contributed by atoms with Crippen LogP contribution in [0.5, 0.6) is 0 Å². The van der Waals surface area contributed by atoms with Crippen molar-refractivity contribution in [2.24, 2.45) is 23.0 Å². The molecule has 2 aliphatic carbocycles. The zero-order valence-electron chi connectivity index (χ0n) is 14.0. The molecule has 2 saturated carbocycles. The summed E-state index contributed by atoms with van der Waals surface area (Å²) in [4.78, 5) is 15.3. The summed E-state index contributed by atoms with van der Waals surface area (Å²) in [6.07, 6.45) is 8.58. The van der Waals surface area contributed by atoms with Crippen LogP contribution >= 0.6 is 0 Å². The van der Waals surface area contributed by atoms with Gasteiger partial charge in [0.05, 0.1) is 0 Å². The van der Waals surface area contributed by atoms with E-state index < -0.39 is 0 Å². The van der Waals surface area contributed by atoms with Gasteiger partial charge in [0.15, 0.2) is 0 Å². The van der Waals surface area contributed by atoms with Crippen molar-refractivity contribution in [1.82, 2.24) is 4.90 Å². The minimum absolute atomic E-state index is 0.0211. The third kappa shape index (κ3) is 3.18. The van der Waals surface area contributed by atoms with Gasteiger partial charge in [-0.15, -0.1) is 6.58 Å². The highest BCUT2D eigenvalue weighted by atomic mass is 16.2.